The Labute approximate surface area is 175 Å². The van der Waals surface area contributed by atoms with E-state index in [0.717, 1.165) is 5.56 Å². The van der Waals surface area contributed by atoms with E-state index in [0.29, 0.717) is 22.4 Å². The molecule has 9 heteroatoms. The molecule has 0 aliphatic heterocycles. The van der Waals surface area contributed by atoms with Crippen LogP contribution < -0.4 is 14.8 Å². The third kappa shape index (κ3) is 6.38. The molecule has 2 N–H and O–H groups in total. The van der Waals surface area contributed by atoms with Gasteiger partial charge in [-0.15, -0.1) is 0 Å². The van der Waals surface area contributed by atoms with Gasteiger partial charge in [0.2, 0.25) is 15.9 Å². The summed E-state index contributed by atoms with van der Waals surface area (Å²) >= 11 is 12.0. The maximum atomic E-state index is 12.3. The first-order valence-corrected chi connectivity index (χ1v) is 10.9. The molecule has 2 aromatic carbocycles. The van der Waals surface area contributed by atoms with Crippen molar-refractivity contribution in [1.29, 1.82) is 0 Å². The van der Waals surface area contributed by atoms with Crippen LogP contribution in [0, 0.1) is 0 Å². The average Bonchev–Trinajstić information content (AvgIpc) is 2.62. The van der Waals surface area contributed by atoms with Crippen molar-refractivity contribution in [2.45, 2.75) is 31.2 Å². The van der Waals surface area contributed by atoms with Gasteiger partial charge in [-0.2, -0.15) is 0 Å². The fourth-order valence-electron chi connectivity index (χ4n) is 2.51. The quantitative estimate of drug-likeness (QED) is 0.613. The van der Waals surface area contributed by atoms with Gasteiger partial charge in [0.25, 0.3) is 0 Å². The fourth-order valence-corrected chi connectivity index (χ4v) is 4.11. The van der Waals surface area contributed by atoms with Gasteiger partial charge in [0.15, 0.2) is 0 Å². The van der Waals surface area contributed by atoms with Crippen molar-refractivity contribution in [3.63, 3.8) is 0 Å². The van der Waals surface area contributed by atoms with Crippen LogP contribution in [0.2, 0.25) is 10.0 Å². The number of nitrogens with one attached hydrogen (secondary N) is 2. The highest BCUT2D eigenvalue weighted by Gasteiger charge is 2.16. The molecule has 2 rings (SSSR count). The Morgan fingerprint density at radius 2 is 1.82 bits per heavy atom. The summed E-state index contributed by atoms with van der Waals surface area (Å²) in [5.41, 5.74) is 0.731. The average molecular weight is 445 g/mol. The van der Waals surface area contributed by atoms with Crippen molar-refractivity contribution in [2.75, 3.05) is 13.2 Å². The molecule has 0 saturated carbocycles. The predicted molar refractivity (Wildman–Crippen MR) is 110 cm³/mol. The van der Waals surface area contributed by atoms with Crippen LogP contribution in [0.25, 0.3) is 0 Å². The molecule has 1 unspecified atom stereocenters. The van der Waals surface area contributed by atoms with Gasteiger partial charge < -0.3 is 10.1 Å². The second-order valence-corrected chi connectivity index (χ2v) is 8.62. The van der Waals surface area contributed by atoms with Crippen molar-refractivity contribution in [1.82, 2.24) is 10.0 Å². The second kappa shape index (κ2) is 10.1. The smallest absolute Gasteiger partial charge is 0.240 e. The van der Waals surface area contributed by atoms with Gasteiger partial charge in [-0.1, -0.05) is 29.3 Å². The van der Waals surface area contributed by atoms with E-state index in [1.54, 1.807) is 37.3 Å². The molecule has 1 amide bonds. The van der Waals surface area contributed by atoms with Gasteiger partial charge in [-0.3, -0.25) is 4.79 Å². The van der Waals surface area contributed by atoms with Crippen LogP contribution in [-0.4, -0.2) is 27.5 Å². The zero-order chi connectivity index (χ0) is 20.7. The Balaban J connectivity index is 1.86. The predicted octanol–water partition coefficient (Wildman–Crippen LogP) is 3.94. The molecule has 0 radical (unpaired) electrons. The van der Waals surface area contributed by atoms with Crippen LogP contribution >= 0.6 is 23.2 Å². The lowest BCUT2D eigenvalue weighted by Gasteiger charge is -2.16. The molecule has 0 aliphatic rings. The molecule has 0 fully saturated rings. The number of benzene rings is 2. The highest BCUT2D eigenvalue weighted by Crippen LogP contribution is 2.26. The first-order valence-electron chi connectivity index (χ1n) is 8.69. The molecule has 0 spiro atoms. The van der Waals surface area contributed by atoms with E-state index in [-0.39, 0.29) is 29.8 Å². The molecule has 0 saturated heterocycles. The zero-order valence-electron chi connectivity index (χ0n) is 15.5. The molecule has 0 aliphatic carbocycles. The number of rotatable bonds is 9. The highest BCUT2D eigenvalue weighted by atomic mass is 35.5. The van der Waals surface area contributed by atoms with Crippen LogP contribution in [0.15, 0.2) is 47.4 Å². The van der Waals surface area contributed by atoms with E-state index in [4.69, 9.17) is 27.9 Å². The number of hydrogen-bond acceptors (Lipinski definition) is 4. The molecule has 0 heterocycles. The lowest BCUT2D eigenvalue weighted by molar-refractivity contribution is -0.121. The Morgan fingerprint density at radius 1 is 1.14 bits per heavy atom. The normalized spacial score (nSPS) is 12.4. The summed E-state index contributed by atoms with van der Waals surface area (Å²) in [5, 5.41) is 3.75. The minimum atomic E-state index is -3.70. The third-order valence-electron chi connectivity index (χ3n) is 3.90. The summed E-state index contributed by atoms with van der Waals surface area (Å²) in [7, 11) is -3.70. The fraction of sp³-hybridized carbons (Fsp3) is 0.316. The van der Waals surface area contributed by atoms with Crippen LogP contribution in [0.3, 0.4) is 0 Å². The summed E-state index contributed by atoms with van der Waals surface area (Å²) in [5.74, 6) is 0.295. The van der Waals surface area contributed by atoms with Gasteiger partial charge in [-0.25, -0.2) is 13.1 Å². The second-order valence-electron chi connectivity index (χ2n) is 6.01. The molecule has 1 atom stereocenters. The van der Waals surface area contributed by atoms with Crippen molar-refractivity contribution >= 4 is 39.1 Å². The number of halogens is 2. The number of amides is 1. The monoisotopic (exact) mass is 444 g/mol. The maximum absolute atomic E-state index is 12.3. The molecule has 2 aromatic rings. The minimum absolute atomic E-state index is 0.00813. The third-order valence-corrected chi connectivity index (χ3v) is 5.94. The van der Waals surface area contributed by atoms with Gasteiger partial charge in [0.05, 0.1) is 17.5 Å². The summed E-state index contributed by atoms with van der Waals surface area (Å²) in [6.07, 6.45) is -0.00813. The van der Waals surface area contributed by atoms with Crippen molar-refractivity contribution in [2.24, 2.45) is 0 Å². The Hall–Kier alpha value is -1.80. The van der Waals surface area contributed by atoms with E-state index in [1.807, 2.05) is 6.92 Å². The van der Waals surface area contributed by atoms with E-state index in [9.17, 15) is 13.2 Å². The van der Waals surface area contributed by atoms with E-state index < -0.39 is 10.0 Å². The maximum Gasteiger partial charge on any atom is 0.240 e. The summed E-state index contributed by atoms with van der Waals surface area (Å²) in [4.78, 5) is 12.2. The lowest BCUT2D eigenvalue weighted by Crippen LogP contribution is -2.32. The number of ether oxygens (including phenoxy) is 1. The zero-order valence-corrected chi connectivity index (χ0v) is 17.9. The number of sulfonamides is 1. The van der Waals surface area contributed by atoms with Crippen LogP contribution in [0.4, 0.5) is 0 Å². The Kier molecular flexibility index (Phi) is 8.12. The number of carbonyl (C=O) groups excluding carboxylic acids is 1. The molecular formula is C19H22Cl2N2O4S. The number of carbonyl (C=O) groups is 1. The molecular weight excluding hydrogens is 423 g/mol. The largest absolute Gasteiger partial charge is 0.494 e. The summed E-state index contributed by atoms with van der Waals surface area (Å²) in [6, 6.07) is 10.8. The molecule has 0 bridgehead atoms. The molecule has 6 nitrogen and oxygen atoms in total. The van der Waals surface area contributed by atoms with E-state index in [2.05, 4.69) is 10.0 Å². The van der Waals surface area contributed by atoms with Crippen molar-refractivity contribution in [3.8, 4) is 5.75 Å². The Bertz CT molecular complexity index is 918. The summed E-state index contributed by atoms with van der Waals surface area (Å²) in [6.45, 7) is 4.11. The minimum Gasteiger partial charge on any atom is -0.494 e. The SMILES string of the molecule is CCOc1ccc(S(=O)(=O)NCCC(=O)NC(C)c2ccc(Cl)cc2Cl)cc1. The first kappa shape index (κ1) is 22.5. The molecule has 28 heavy (non-hydrogen) atoms. The van der Waals surface area contributed by atoms with Gasteiger partial charge in [-0.05, 0) is 55.8 Å². The standard InChI is InChI=1S/C19H22Cl2N2O4S/c1-3-27-15-5-7-16(8-6-15)28(25,26)22-11-10-19(24)23-13(2)17-9-4-14(20)12-18(17)21/h4-9,12-13,22H,3,10-11H2,1-2H3,(H,23,24). The van der Waals surface area contributed by atoms with Crippen molar-refractivity contribution < 1.29 is 17.9 Å². The topological polar surface area (TPSA) is 84.5 Å². The van der Waals surface area contributed by atoms with Gasteiger partial charge in [0, 0.05) is 23.0 Å². The summed E-state index contributed by atoms with van der Waals surface area (Å²) < 4.78 is 32.3. The molecule has 152 valence electrons. The number of hydrogen-bond donors (Lipinski definition) is 2. The first-order chi connectivity index (χ1) is 13.2. The van der Waals surface area contributed by atoms with Gasteiger partial charge in [0.1, 0.15) is 5.75 Å². The van der Waals surface area contributed by atoms with E-state index in [1.165, 1.54) is 12.1 Å². The van der Waals surface area contributed by atoms with Crippen molar-refractivity contribution in [3.05, 3.63) is 58.1 Å². The lowest BCUT2D eigenvalue weighted by atomic mass is 10.1. The van der Waals surface area contributed by atoms with Crippen LogP contribution in [0.5, 0.6) is 5.75 Å². The molecule has 0 aromatic heterocycles. The van der Waals surface area contributed by atoms with Gasteiger partial charge >= 0.3 is 0 Å². The van der Waals surface area contributed by atoms with Crippen LogP contribution in [0.1, 0.15) is 31.9 Å². The Morgan fingerprint density at radius 3 is 2.43 bits per heavy atom. The van der Waals surface area contributed by atoms with E-state index >= 15 is 0 Å². The van der Waals surface area contributed by atoms with Crippen LogP contribution in [-0.2, 0) is 14.8 Å². The highest BCUT2D eigenvalue weighted by molar-refractivity contribution is 7.89.